The molecule has 0 spiro atoms. The number of ether oxygens (including phenoxy) is 2. The second-order valence-electron chi connectivity index (χ2n) is 9.49. The van der Waals surface area contributed by atoms with Crippen LogP contribution in [0.15, 0.2) is 47.2 Å². The Hall–Kier alpha value is -2.82. The molecule has 5 nitrogen and oxygen atoms in total. The average Bonchev–Trinajstić information content (AvgIpc) is 2.91. The van der Waals surface area contributed by atoms with Gasteiger partial charge in [0.25, 0.3) is 0 Å². The Balaban J connectivity index is 2.27. The first kappa shape index (κ1) is 29.4. The van der Waals surface area contributed by atoms with E-state index in [1.54, 1.807) is 0 Å². The number of hydrogen-bond acceptors (Lipinski definition) is 5. The number of methoxy groups -OCH3 is 2. The molecule has 0 heterocycles. The zero-order valence-electron chi connectivity index (χ0n) is 22.8. The topological polar surface area (TPSA) is 64.6 Å². The summed E-state index contributed by atoms with van der Waals surface area (Å²) < 4.78 is 9.91. The number of esters is 2. The van der Waals surface area contributed by atoms with Gasteiger partial charge in [-0.1, -0.05) is 77.0 Å². The third kappa shape index (κ3) is 9.67. The molecule has 198 valence electrons. The third-order valence-corrected chi connectivity index (χ3v) is 6.70. The van der Waals surface area contributed by atoms with Crippen molar-refractivity contribution in [1.29, 1.82) is 0 Å². The molecule has 1 aliphatic carbocycles. The van der Waals surface area contributed by atoms with Crippen LogP contribution in [-0.4, -0.2) is 32.7 Å². The fraction of sp³-hybridized carbons (Fsp3) is 0.548. The van der Waals surface area contributed by atoms with Gasteiger partial charge in [-0.25, -0.2) is 9.59 Å². The fourth-order valence-electron chi connectivity index (χ4n) is 4.49. The van der Waals surface area contributed by atoms with E-state index >= 15 is 0 Å². The van der Waals surface area contributed by atoms with Gasteiger partial charge in [0.1, 0.15) is 0 Å². The summed E-state index contributed by atoms with van der Waals surface area (Å²) in [6.07, 6.45) is 19.4. The van der Waals surface area contributed by atoms with Crippen LogP contribution >= 0.6 is 0 Å². The molecular weight excluding hydrogens is 450 g/mol. The summed E-state index contributed by atoms with van der Waals surface area (Å²) in [5.74, 6) is -0.560. The fourth-order valence-corrected chi connectivity index (χ4v) is 4.49. The highest BCUT2D eigenvalue weighted by Gasteiger charge is 2.18. The van der Waals surface area contributed by atoms with Crippen LogP contribution in [0.25, 0.3) is 6.08 Å². The molecule has 5 heteroatoms. The molecule has 0 radical (unpaired) electrons. The molecule has 1 aromatic rings. The lowest BCUT2D eigenvalue weighted by atomic mass is 9.93. The summed E-state index contributed by atoms with van der Waals surface area (Å²) >= 11 is 0. The Morgan fingerprint density at radius 1 is 0.861 bits per heavy atom. The molecule has 0 fully saturated rings. The molecule has 0 unspecified atom stereocenters. The Bertz CT molecular complexity index is 942. The third-order valence-electron chi connectivity index (χ3n) is 6.70. The van der Waals surface area contributed by atoms with Gasteiger partial charge in [0.05, 0.1) is 19.8 Å². The van der Waals surface area contributed by atoms with Crippen molar-refractivity contribution in [2.45, 2.75) is 90.9 Å². The largest absolute Gasteiger partial charge is 0.466 e. The van der Waals surface area contributed by atoms with Crippen molar-refractivity contribution in [1.82, 2.24) is 5.32 Å². The van der Waals surface area contributed by atoms with Gasteiger partial charge >= 0.3 is 11.9 Å². The maximum absolute atomic E-state index is 12.1. The van der Waals surface area contributed by atoms with Crippen LogP contribution in [0, 0.1) is 0 Å². The number of unbranched alkanes of at least 4 members (excludes halogenated alkanes) is 7. The molecule has 0 saturated heterocycles. The van der Waals surface area contributed by atoms with Gasteiger partial charge in [0.15, 0.2) is 0 Å². The molecule has 1 aliphatic rings. The molecule has 0 bridgehead atoms. The molecule has 0 aromatic heterocycles. The van der Waals surface area contributed by atoms with Crippen LogP contribution in [0.4, 0.5) is 0 Å². The minimum atomic E-state index is -0.303. The summed E-state index contributed by atoms with van der Waals surface area (Å²) in [6, 6.07) is 5.83. The van der Waals surface area contributed by atoms with E-state index in [4.69, 9.17) is 9.47 Å². The van der Waals surface area contributed by atoms with E-state index in [-0.39, 0.29) is 11.9 Å². The lowest BCUT2D eigenvalue weighted by Crippen LogP contribution is -2.19. The number of carbonyl (C=O) groups excluding carboxylic acids is 2. The smallest absolute Gasteiger partial charge is 0.337 e. The Morgan fingerprint density at radius 3 is 2.25 bits per heavy atom. The molecule has 0 saturated carbocycles. The van der Waals surface area contributed by atoms with Gasteiger partial charge in [-0.3, -0.25) is 0 Å². The molecule has 1 aromatic carbocycles. The highest BCUT2D eigenvalue weighted by molar-refractivity contribution is 5.90. The van der Waals surface area contributed by atoms with Crippen LogP contribution in [-0.2, 0) is 20.7 Å². The summed E-state index contributed by atoms with van der Waals surface area (Å²) in [4.78, 5) is 24.3. The van der Waals surface area contributed by atoms with E-state index in [9.17, 15) is 9.59 Å². The minimum absolute atomic E-state index is 0.257. The number of allylic oxidation sites excluding steroid dienone is 3. The van der Waals surface area contributed by atoms with Crippen molar-refractivity contribution in [3.05, 3.63) is 63.9 Å². The van der Waals surface area contributed by atoms with Crippen molar-refractivity contribution >= 4 is 18.0 Å². The van der Waals surface area contributed by atoms with Crippen LogP contribution in [0.1, 0.15) is 106 Å². The van der Waals surface area contributed by atoms with Crippen molar-refractivity contribution in [2.75, 3.05) is 20.8 Å². The second kappa shape index (κ2) is 16.8. The average molecular weight is 496 g/mol. The predicted octanol–water partition coefficient (Wildman–Crippen LogP) is 7.32. The molecule has 2 rings (SSSR count). The van der Waals surface area contributed by atoms with Crippen molar-refractivity contribution in [3.8, 4) is 0 Å². The maximum Gasteiger partial charge on any atom is 0.337 e. The molecule has 36 heavy (non-hydrogen) atoms. The number of aryl methyl sites for hydroxylation is 1. The number of carbonyl (C=O) groups is 2. The SMILES string of the molecule is CCCCCCCc1cc(C(=O)OC)ccc1/C=C/C1=C(NCCCCCC)C=C(C(=O)OC)CC1. The predicted molar refractivity (Wildman–Crippen MR) is 148 cm³/mol. The lowest BCUT2D eigenvalue weighted by molar-refractivity contribution is -0.136. The number of nitrogens with one attached hydrogen (secondary N) is 1. The van der Waals surface area contributed by atoms with Crippen molar-refractivity contribution < 1.29 is 19.1 Å². The van der Waals surface area contributed by atoms with Gasteiger partial charge < -0.3 is 14.8 Å². The van der Waals surface area contributed by atoms with Crippen molar-refractivity contribution in [3.63, 3.8) is 0 Å². The summed E-state index contributed by atoms with van der Waals surface area (Å²) in [6.45, 7) is 5.32. The summed E-state index contributed by atoms with van der Waals surface area (Å²) in [5.41, 5.74) is 5.78. The molecule has 0 aliphatic heterocycles. The first-order valence-corrected chi connectivity index (χ1v) is 13.7. The van der Waals surface area contributed by atoms with E-state index in [0.29, 0.717) is 17.6 Å². The van der Waals surface area contributed by atoms with E-state index in [2.05, 4.69) is 31.3 Å². The van der Waals surface area contributed by atoms with E-state index in [1.165, 1.54) is 70.3 Å². The van der Waals surface area contributed by atoms with Crippen LogP contribution in [0.3, 0.4) is 0 Å². The van der Waals surface area contributed by atoms with Gasteiger partial charge in [-0.05, 0) is 67.0 Å². The summed E-state index contributed by atoms with van der Waals surface area (Å²) in [7, 11) is 2.85. The molecule has 1 N–H and O–H groups in total. The number of benzene rings is 1. The van der Waals surface area contributed by atoms with Gasteiger partial charge in [-0.2, -0.15) is 0 Å². The lowest BCUT2D eigenvalue weighted by Gasteiger charge is -2.19. The normalized spacial score (nSPS) is 13.6. The van der Waals surface area contributed by atoms with Gasteiger partial charge in [0.2, 0.25) is 0 Å². The maximum atomic E-state index is 12.1. The van der Waals surface area contributed by atoms with Gasteiger partial charge in [-0.15, -0.1) is 0 Å². The second-order valence-corrected chi connectivity index (χ2v) is 9.49. The van der Waals surface area contributed by atoms with Gasteiger partial charge in [0, 0.05) is 17.8 Å². The van der Waals surface area contributed by atoms with Crippen LogP contribution in [0.2, 0.25) is 0 Å². The van der Waals surface area contributed by atoms with E-state index in [0.717, 1.165) is 43.5 Å². The summed E-state index contributed by atoms with van der Waals surface area (Å²) in [5, 5.41) is 3.56. The first-order chi connectivity index (χ1) is 17.5. The monoisotopic (exact) mass is 495 g/mol. The zero-order chi connectivity index (χ0) is 26.2. The van der Waals surface area contributed by atoms with Crippen LogP contribution in [0.5, 0.6) is 0 Å². The number of hydrogen-bond donors (Lipinski definition) is 1. The zero-order valence-corrected chi connectivity index (χ0v) is 22.8. The first-order valence-electron chi connectivity index (χ1n) is 13.7. The minimum Gasteiger partial charge on any atom is -0.466 e. The van der Waals surface area contributed by atoms with E-state index < -0.39 is 0 Å². The Kier molecular flexibility index (Phi) is 13.7. The Labute approximate surface area is 218 Å². The molecular formula is C31H45NO4. The molecule has 0 amide bonds. The highest BCUT2D eigenvalue weighted by Crippen LogP contribution is 2.26. The van der Waals surface area contributed by atoms with Crippen LogP contribution < -0.4 is 5.32 Å². The standard InChI is InChI=1S/C31H45NO4/c1-5-7-9-11-12-14-26-22-27(30(33)35-3)19-16-24(26)15-17-25-18-20-28(31(34)36-4)23-29(25)32-21-13-10-8-6-2/h15-17,19,22-23,32H,5-14,18,20-21H2,1-4H3/b17-15+. The highest BCUT2D eigenvalue weighted by atomic mass is 16.5. The van der Waals surface area contributed by atoms with E-state index in [1.807, 2.05) is 24.3 Å². The Morgan fingerprint density at radius 2 is 1.56 bits per heavy atom. The quantitative estimate of drug-likeness (QED) is 0.192. The van der Waals surface area contributed by atoms with Crippen molar-refractivity contribution in [2.24, 2.45) is 0 Å². The molecule has 0 atom stereocenters. The number of rotatable bonds is 16.